The van der Waals surface area contributed by atoms with Crippen molar-refractivity contribution in [2.24, 2.45) is 0 Å². The van der Waals surface area contributed by atoms with Crippen molar-refractivity contribution < 1.29 is 23.6 Å². The summed E-state index contributed by atoms with van der Waals surface area (Å²) < 4.78 is 18.3. The monoisotopic (exact) mass is 378 g/mol. The highest BCUT2D eigenvalue weighted by Crippen LogP contribution is 2.41. The predicted octanol–water partition coefficient (Wildman–Crippen LogP) is 3.75. The highest BCUT2D eigenvalue weighted by atomic mass is 19.1. The third-order valence-corrected chi connectivity index (χ3v) is 4.54. The number of nitrogens with zero attached hydrogens (tertiary/aromatic N) is 2. The summed E-state index contributed by atoms with van der Waals surface area (Å²) in [7, 11) is 0. The topological polar surface area (TPSA) is 83.6 Å². The van der Waals surface area contributed by atoms with Crippen LogP contribution in [0.2, 0.25) is 0 Å². The van der Waals surface area contributed by atoms with Crippen molar-refractivity contribution in [1.82, 2.24) is 5.16 Å². The molecule has 3 aromatic rings. The minimum Gasteiger partial charge on any atom is -0.507 e. The molecule has 0 aliphatic carbocycles. The zero-order chi connectivity index (χ0) is 19.8. The van der Waals surface area contributed by atoms with E-state index in [9.17, 15) is 19.1 Å². The molecule has 1 saturated heterocycles. The quantitative estimate of drug-likeness (QED) is 0.426. The average molecular weight is 378 g/mol. The molecule has 0 bridgehead atoms. The van der Waals surface area contributed by atoms with Gasteiger partial charge in [-0.15, -0.1) is 0 Å². The maximum absolute atomic E-state index is 13.2. The first-order valence-corrected chi connectivity index (χ1v) is 8.52. The molecule has 1 aromatic heterocycles. The van der Waals surface area contributed by atoms with Gasteiger partial charge in [-0.3, -0.25) is 14.5 Å². The van der Waals surface area contributed by atoms with E-state index in [0.29, 0.717) is 11.3 Å². The minimum atomic E-state index is -0.893. The summed E-state index contributed by atoms with van der Waals surface area (Å²) in [5, 5.41) is 14.7. The number of rotatable bonds is 3. The zero-order valence-corrected chi connectivity index (χ0v) is 14.8. The van der Waals surface area contributed by atoms with Crippen LogP contribution in [-0.2, 0) is 9.59 Å². The minimum absolute atomic E-state index is 0.0940. The molecule has 1 N–H and O–H groups in total. The van der Waals surface area contributed by atoms with Crippen molar-refractivity contribution in [2.45, 2.75) is 13.0 Å². The van der Waals surface area contributed by atoms with E-state index >= 15 is 0 Å². The Hall–Kier alpha value is -3.74. The van der Waals surface area contributed by atoms with E-state index in [1.165, 1.54) is 29.2 Å². The summed E-state index contributed by atoms with van der Waals surface area (Å²) >= 11 is 0. The molecule has 1 amide bonds. The maximum Gasteiger partial charge on any atom is 0.301 e. The standard InChI is InChI=1S/C21H15FN2O4/c1-12-11-16(23-28-12)24-18(13-5-3-2-4-6-13)17(20(26)21(24)27)19(25)14-7-9-15(22)10-8-14/h2-11,18,25H,1H3/b19-17+/t18-/m0/s1. The average Bonchev–Trinajstić information content (AvgIpc) is 3.24. The van der Waals surface area contributed by atoms with E-state index in [0.717, 1.165) is 0 Å². The summed E-state index contributed by atoms with van der Waals surface area (Å²) in [4.78, 5) is 26.8. The van der Waals surface area contributed by atoms with E-state index in [1.54, 1.807) is 43.3 Å². The Kier molecular flexibility index (Phi) is 4.27. The van der Waals surface area contributed by atoms with E-state index in [2.05, 4.69) is 5.16 Å². The molecule has 7 heteroatoms. The largest absolute Gasteiger partial charge is 0.507 e. The van der Waals surface area contributed by atoms with Gasteiger partial charge in [0.25, 0.3) is 5.78 Å². The molecule has 1 aliphatic rings. The Morgan fingerprint density at radius 1 is 1.11 bits per heavy atom. The fourth-order valence-electron chi connectivity index (χ4n) is 3.25. The molecule has 0 saturated carbocycles. The molecular formula is C21H15FN2O4. The van der Waals surface area contributed by atoms with Crippen LogP contribution in [0.1, 0.15) is 22.9 Å². The lowest BCUT2D eigenvalue weighted by Gasteiger charge is -2.22. The number of Topliss-reactive ketones (excluding diaryl/α,β-unsaturated/α-hetero) is 1. The molecule has 4 rings (SSSR count). The smallest absolute Gasteiger partial charge is 0.301 e. The maximum atomic E-state index is 13.2. The van der Waals surface area contributed by atoms with Crippen molar-refractivity contribution in [2.75, 3.05) is 4.90 Å². The normalized spacial score (nSPS) is 18.6. The SMILES string of the molecule is Cc1cc(N2C(=O)C(=O)/C(=C(/O)c3ccc(F)cc3)[C@@H]2c2ccccc2)no1. The Bertz CT molecular complexity index is 1090. The van der Waals surface area contributed by atoms with Crippen LogP contribution in [0.4, 0.5) is 10.2 Å². The Morgan fingerprint density at radius 3 is 2.39 bits per heavy atom. The molecule has 2 heterocycles. The van der Waals surface area contributed by atoms with E-state index in [4.69, 9.17) is 4.52 Å². The third-order valence-electron chi connectivity index (χ3n) is 4.54. The molecular weight excluding hydrogens is 363 g/mol. The van der Waals surface area contributed by atoms with Crippen LogP contribution >= 0.6 is 0 Å². The molecule has 2 aromatic carbocycles. The van der Waals surface area contributed by atoms with Crippen LogP contribution in [0.5, 0.6) is 0 Å². The third kappa shape index (κ3) is 2.87. The number of hydrogen-bond acceptors (Lipinski definition) is 5. The molecule has 1 atom stereocenters. The first-order valence-electron chi connectivity index (χ1n) is 8.52. The number of halogens is 1. The van der Waals surface area contributed by atoms with Gasteiger partial charge in [-0.05, 0) is 36.8 Å². The lowest BCUT2D eigenvalue weighted by atomic mass is 9.95. The van der Waals surface area contributed by atoms with E-state index < -0.39 is 23.5 Å². The highest BCUT2D eigenvalue weighted by molar-refractivity contribution is 6.51. The van der Waals surface area contributed by atoms with Gasteiger partial charge in [0.15, 0.2) is 5.82 Å². The second kappa shape index (κ2) is 6.77. The highest BCUT2D eigenvalue weighted by Gasteiger charge is 2.48. The molecule has 1 aliphatic heterocycles. The van der Waals surface area contributed by atoms with Gasteiger partial charge >= 0.3 is 5.91 Å². The van der Waals surface area contributed by atoms with Crippen molar-refractivity contribution in [3.8, 4) is 0 Å². The van der Waals surface area contributed by atoms with Gasteiger partial charge < -0.3 is 9.63 Å². The Labute approximate surface area is 159 Å². The van der Waals surface area contributed by atoms with Crippen LogP contribution in [0.15, 0.2) is 70.8 Å². The van der Waals surface area contributed by atoms with Crippen LogP contribution in [-0.4, -0.2) is 22.0 Å². The number of hydrogen-bond donors (Lipinski definition) is 1. The van der Waals surface area contributed by atoms with Gasteiger partial charge in [0.2, 0.25) is 0 Å². The lowest BCUT2D eigenvalue weighted by Crippen LogP contribution is -2.29. The van der Waals surface area contributed by atoms with Crippen molar-refractivity contribution in [3.05, 3.63) is 88.9 Å². The second-order valence-electron chi connectivity index (χ2n) is 6.38. The van der Waals surface area contributed by atoms with Gasteiger partial charge in [-0.1, -0.05) is 35.5 Å². The molecule has 140 valence electrons. The summed E-state index contributed by atoms with van der Waals surface area (Å²) in [6, 6.07) is 14.5. The summed E-state index contributed by atoms with van der Waals surface area (Å²) in [5.41, 5.74) is 0.756. The van der Waals surface area contributed by atoms with Crippen molar-refractivity contribution in [3.63, 3.8) is 0 Å². The number of benzene rings is 2. The van der Waals surface area contributed by atoms with Crippen molar-refractivity contribution >= 4 is 23.3 Å². The Balaban J connectivity index is 1.93. The number of carbonyl (C=O) groups is 2. The number of aryl methyl sites for hydroxylation is 1. The van der Waals surface area contributed by atoms with Gasteiger partial charge in [0, 0.05) is 11.6 Å². The number of ketones is 1. The van der Waals surface area contributed by atoms with Crippen LogP contribution < -0.4 is 4.90 Å². The lowest BCUT2D eigenvalue weighted by molar-refractivity contribution is -0.132. The zero-order valence-electron chi connectivity index (χ0n) is 14.8. The predicted molar refractivity (Wildman–Crippen MR) is 98.9 cm³/mol. The van der Waals surface area contributed by atoms with Crippen LogP contribution in [0, 0.1) is 12.7 Å². The molecule has 0 unspecified atom stereocenters. The first-order chi connectivity index (χ1) is 13.5. The fourth-order valence-corrected chi connectivity index (χ4v) is 3.25. The van der Waals surface area contributed by atoms with Gasteiger partial charge in [0.1, 0.15) is 17.3 Å². The van der Waals surface area contributed by atoms with Gasteiger partial charge in [0.05, 0.1) is 11.6 Å². The number of amides is 1. The molecule has 0 spiro atoms. The Morgan fingerprint density at radius 2 is 1.79 bits per heavy atom. The molecule has 6 nitrogen and oxygen atoms in total. The van der Waals surface area contributed by atoms with Crippen molar-refractivity contribution in [1.29, 1.82) is 0 Å². The van der Waals surface area contributed by atoms with Crippen LogP contribution in [0.25, 0.3) is 5.76 Å². The number of aliphatic hydroxyl groups excluding tert-OH is 1. The summed E-state index contributed by atoms with van der Waals surface area (Å²) in [6.45, 7) is 1.67. The number of aliphatic hydroxyl groups is 1. The number of anilines is 1. The molecule has 1 fully saturated rings. The summed E-state index contributed by atoms with van der Waals surface area (Å²) in [6.07, 6.45) is 0. The molecule has 0 radical (unpaired) electrons. The van der Waals surface area contributed by atoms with Gasteiger partial charge in [-0.25, -0.2) is 4.39 Å². The van der Waals surface area contributed by atoms with E-state index in [1.807, 2.05) is 0 Å². The summed E-state index contributed by atoms with van der Waals surface area (Å²) in [5.74, 6) is -1.89. The van der Waals surface area contributed by atoms with Crippen LogP contribution in [0.3, 0.4) is 0 Å². The first kappa shape index (κ1) is 17.7. The van der Waals surface area contributed by atoms with E-state index in [-0.39, 0.29) is 22.7 Å². The fraction of sp³-hybridized carbons (Fsp3) is 0.0952. The van der Waals surface area contributed by atoms with Gasteiger partial charge in [-0.2, -0.15) is 0 Å². The number of carbonyl (C=O) groups excluding carboxylic acids is 2. The second-order valence-corrected chi connectivity index (χ2v) is 6.38. The molecule has 28 heavy (non-hydrogen) atoms. The number of aromatic nitrogens is 1.